The van der Waals surface area contributed by atoms with Crippen LogP contribution < -0.4 is 10.2 Å². The number of amides is 1. The molecular formula is C60H121N2O6P. The second kappa shape index (κ2) is 52.1. The van der Waals surface area contributed by atoms with E-state index in [1.807, 2.05) is 27.2 Å². The average molecular weight is 998 g/mol. The van der Waals surface area contributed by atoms with Gasteiger partial charge in [-0.2, -0.15) is 0 Å². The van der Waals surface area contributed by atoms with Crippen molar-refractivity contribution in [2.45, 2.75) is 328 Å². The molecule has 0 aromatic rings. The number of phosphoric ester groups is 1. The summed E-state index contributed by atoms with van der Waals surface area (Å²) in [6.45, 7) is 4.70. The average Bonchev–Trinajstić information content (AvgIpc) is 3.31. The van der Waals surface area contributed by atoms with Crippen molar-refractivity contribution < 1.29 is 32.9 Å². The number of carbonyl (C=O) groups excluding carboxylic acids is 1. The number of nitrogens with zero attached hydrogens (tertiary/aromatic N) is 1. The minimum atomic E-state index is -4.59. The van der Waals surface area contributed by atoms with Gasteiger partial charge >= 0.3 is 0 Å². The Morgan fingerprint density at radius 1 is 0.493 bits per heavy atom. The largest absolute Gasteiger partial charge is 0.756 e. The van der Waals surface area contributed by atoms with Gasteiger partial charge in [-0.05, 0) is 19.3 Å². The number of aliphatic hydroxyl groups excluding tert-OH is 1. The van der Waals surface area contributed by atoms with Crippen molar-refractivity contribution in [3.8, 4) is 0 Å². The monoisotopic (exact) mass is 997 g/mol. The summed E-state index contributed by atoms with van der Waals surface area (Å²) in [7, 11) is 1.28. The Morgan fingerprint density at radius 3 is 1.09 bits per heavy atom. The third kappa shape index (κ3) is 54.8. The molecule has 0 heterocycles. The molecular weight excluding hydrogens is 876 g/mol. The van der Waals surface area contributed by atoms with Crippen LogP contribution in [0.5, 0.6) is 0 Å². The zero-order valence-corrected chi connectivity index (χ0v) is 47.9. The molecule has 9 heteroatoms. The van der Waals surface area contributed by atoms with Crippen molar-refractivity contribution in [2.24, 2.45) is 0 Å². The van der Waals surface area contributed by atoms with E-state index in [0.29, 0.717) is 17.4 Å². The highest BCUT2D eigenvalue weighted by atomic mass is 31.2. The van der Waals surface area contributed by atoms with E-state index in [-0.39, 0.29) is 19.1 Å². The number of unbranched alkanes of at least 4 members (excludes halogenated alkanes) is 44. The van der Waals surface area contributed by atoms with Crippen LogP contribution in [0.15, 0.2) is 12.2 Å². The first kappa shape index (κ1) is 68.2. The highest BCUT2D eigenvalue weighted by Gasteiger charge is 2.23. The highest BCUT2D eigenvalue weighted by Crippen LogP contribution is 2.38. The van der Waals surface area contributed by atoms with Crippen molar-refractivity contribution in [1.82, 2.24) is 5.32 Å². The molecule has 412 valence electrons. The van der Waals surface area contributed by atoms with Gasteiger partial charge in [-0.1, -0.05) is 302 Å². The lowest BCUT2D eigenvalue weighted by molar-refractivity contribution is -0.870. The van der Waals surface area contributed by atoms with Crippen LogP contribution >= 0.6 is 7.82 Å². The van der Waals surface area contributed by atoms with Gasteiger partial charge in [0.05, 0.1) is 39.9 Å². The predicted molar refractivity (Wildman–Crippen MR) is 298 cm³/mol. The summed E-state index contributed by atoms with van der Waals surface area (Å²) in [4.78, 5) is 25.5. The van der Waals surface area contributed by atoms with E-state index in [0.717, 1.165) is 38.5 Å². The third-order valence-corrected chi connectivity index (χ3v) is 15.2. The van der Waals surface area contributed by atoms with Gasteiger partial charge in [-0.15, -0.1) is 0 Å². The van der Waals surface area contributed by atoms with E-state index in [9.17, 15) is 19.4 Å². The van der Waals surface area contributed by atoms with Crippen LogP contribution in [0.25, 0.3) is 0 Å². The fraction of sp³-hybridized carbons (Fsp3) is 0.950. The lowest BCUT2D eigenvalue weighted by Gasteiger charge is -2.29. The fourth-order valence-electron chi connectivity index (χ4n) is 9.45. The van der Waals surface area contributed by atoms with Crippen molar-refractivity contribution in [2.75, 3.05) is 40.9 Å². The molecule has 0 rings (SSSR count). The minimum absolute atomic E-state index is 0.00263. The number of aliphatic hydroxyl groups is 1. The number of quaternary nitrogens is 1. The van der Waals surface area contributed by atoms with E-state index < -0.39 is 20.0 Å². The van der Waals surface area contributed by atoms with Crippen LogP contribution in [0.4, 0.5) is 0 Å². The summed E-state index contributed by atoms with van der Waals surface area (Å²) in [6, 6.07) is -0.882. The second-order valence-corrected chi connectivity index (χ2v) is 23.8. The smallest absolute Gasteiger partial charge is 0.268 e. The zero-order chi connectivity index (χ0) is 50.6. The molecule has 2 N–H and O–H groups in total. The first-order valence-corrected chi connectivity index (χ1v) is 32.0. The number of nitrogens with one attached hydrogen (secondary N) is 1. The summed E-state index contributed by atoms with van der Waals surface area (Å²) in [5.41, 5.74) is 0. The van der Waals surface area contributed by atoms with Gasteiger partial charge in [0.2, 0.25) is 5.91 Å². The molecule has 0 aromatic carbocycles. The van der Waals surface area contributed by atoms with Crippen LogP contribution in [0.1, 0.15) is 316 Å². The number of allylic oxidation sites excluding steroid dienone is 1. The number of phosphoric acid groups is 1. The van der Waals surface area contributed by atoms with Crippen molar-refractivity contribution >= 4 is 13.7 Å². The van der Waals surface area contributed by atoms with Gasteiger partial charge in [0, 0.05) is 6.42 Å². The summed E-state index contributed by atoms with van der Waals surface area (Å²) in [5.74, 6) is -0.190. The Morgan fingerprint density at radius 2 is 0.783 bits per heavy atom. The van der Waals surface area contributed by atoms with Crippen LogP contribution in [0, 0.1) is 0 Å². The normalized spacial score (nSPS) is 13.9. The third-order valence-electron chi connectivity index (χ3n) is 14.2. The van der Waals surface area contributed by atoms with E-state index in [2.05, 4.69) is 19.2 Å². The van der Waals surface area contributed by atoms with Crippen molar-refractivity contribution in [3.63, 3.8) is 0 Å². The molecule has 0 saturated carbocycles. The number of hydrogen-bond acceptors (Lipinski definition) is 6. The van der Waals surface area contributed by atoms with Gasteiger partial charge in [-0.25, -0.2) is 0 Å². The van der Waals surface area contributed by atoms with Crippen LogP contribution in [0.2, 0.25) is 0 Å². The van der Waals surface area contributed by atoms with Crippen molar-refractivity contribution in [1.29, 1.82) is 0 Å². The van der Waals surface area contributed by atoms with Gasteiger partial charge in [0.1, 0.15) is 13.2 Å². The Kier molecular flexibility index (Phi) is 51.5. The Hall–Kier alpha value is -0.760. The molecule has 8 nitrogen and oxygen atoms in total. The molecule has 0 fully saturated rings. The summed E-state index contributed by atoms with van der Waals surface area (Å²) in [6.07, 6.45) is 64.5. The van der Waals surface area contributed by atoms with E-state index >= 15 is 0 Å². The van der Waals surface area contributed by atoms with Gasteiger partial charge in [-0.3, -0.25) is 9.36 Å². The Bertz CT molecular complexity index is 1130. The Labute approximate surface area is 431 Å². The standard InChI is InChI=1S/C60H121N2O6P/c1-6-8-10-12-14-16-18-20-22-24-25-26-27-28-29-30-31-32-33-34-35-36-37-38-40-42-44-46-48-50-52-54-60(64)61-58(57-68-69(65,66)67-56-55-62(3,4)5)59(63)53-51-49-47-45-43-41-39-23-21-19-17-15-13-11-9-7-2/h51,53,58-59,63H,6-50,52,54-57H2,1-5H3,(H-,61,64,65,66)/b53-51+/t58-,59+/m0/s1. The summed E-state index contributed by atoms with van der Waals surface area (Å²) in [5, 5.41) is 13.9. The summed E-state index contributed by atoms with van der Waals surface area (Å²) >= 11 is 0. The molecule has 0 radical (unpaired) electrons. The first-order chi connectivity index (χ1) is 33.5. The molecule has 1 amide bonds. The number of hydrogen-bond donors (Lipinski definition) is 2. The maximum atomic E-state index is 13.0. The summed E-state index contributed by atoms with van der Waals surface area (Å²) < 4.78 is 23.4. The van der Waals surface area contributed by atoms with Crippen LogP contribution in [-0.2, 0) is 18.4 Å². The predicted octanol–water partition coefficient (Wildman–Crippen LogP) is 18.0. The van der Waals surface area contributed by atoms with Gasteiger partial charge in [0.25, 0.3) is 7.82 Å². The van der Waals surface area contributed by atoms with Crippen LogP contribution in [-0.4, -0.2) is 68.5 Å². The van der Waals surface area contributed by atoms with Gasteiger partial charge < -0.3 is 28.8 Å². The maximum absolute atomic E-state index is 13.0. The fourth-order valence-corrected chi connectivity index (χ4v) is 10.2. The molecule has 0 aliphatic heterocycles. The molecule has 1 unspecified atom stereocenters. The van der Waals surface area contributed by atoms with Gasteiger partial charge in [0.15, 0.2) is 0 Å². The quantitative estimate of drug-likeness (QED) is 0.0272. The number of carbonyl (C=O) groups is 1. The zero-order valence-electron chi connectivity index (χ0n) is 47.0. The van der Waals surface area contributed by atoms with E-state index in [1.54, 1.807) is 6.08 Å². The van der Waals surface area contributed by atoms with Crippen molar-refractivity contribution in [3.05, 3.63) is 12.2 Å². The van der Waals surface area contributed by atoms with E-state index in [1.165, 1.54) is 257 Å². The lowest BCUT2D eigenvalue weighted by Crippen LogP contribution is -2.45. The minimum Gasteiger partial charge on any atom is -0.756 e. The maximum Gasteiger partial charge on any atom is 0.268 e. The molecule has 0 aliphatic carbocycles. The molecule has 0 aliphatic rings. The first-order valence-electron chi connectivity index (χ1n) is 30.6. The molecule has 3 atom stereocenters. The molecule has 0 saturated heterocycles. The molecule has 0 aromatic heterocycles. The second-order valence-electron chi connectivity index (χ2n) is 22.4. The lowest BCUT2D eigenvalue weighted by atomic mass is 10.0. The SMILES string of the molecule is CCCCCCCCCCCCCCCC/C=C/[C@@H](O)[C@H](COP(=O)([O-])OCC[N+](C)(C)C)NC(=O)CCCCCCCCCCCCCCCCCCCCCCCCCCCCCCCCC. The van der Waals surface area contributed by atoms with Crippen LogP contribution in [0.3, 0.4) is 0 Å². The number of likely N-dealkylation sites (N-methyl/N-ethyl adjacent to an activating group) is 1. The molecule has 69 heavy (non-hydrogen) atoms. The number of rotatable bonds is 57. The molecule has 0 spiro atoms. The Balaban J connectivity index is 4.02. The highest BCUT2D eigenvalue weighted by molar-refractivity contribution is 7.45. The molecule has 0 bridgehead atoms. The topological polar surface area (TPSA) is 108 Å². The van der Waals surface area contributed by atoms with E-state index in [4.69, 9.17) is 9.05 Å².